The number of hydrogen-bond acceptors (Lipinski definition) is 2. The van der Waals surface area contributed by atoms with E-state index in [9.17, 15) is 4.79 Å². The Kier molecular flexibility index (Phi) is 6.24. The van der Waals surface area contributed by atoms with Crippen LogP contribution < -0.4 is 10.1 Å². The number of anilines is 1. The van der Waals surface area contributed by atoms with E-state index in [0.29, 0.717) is 6.61 Å². The van der Waals surface area contributed by atoms with Crippen molar-refractivity contribution in [2.45, 2.75) is 19.8 Å². The first kappa shape index (κ1) is 15.8. The number of ether oxygens (including phenoxy) is 1. The van der Waals surface area contributed by atoms with Crippen LogP contribution in [0.15, 0.2) is 60.7 Å². The van der Waals surface area contributed by atoms with E-state index < -0.39 is 0 Å². The summed E-state index contributed by atoms with van der Waals surface area (Å²) in [6, 6.07) is 17.1. The Morgan fingerprint density at radius 1 is 1.09 bits per heavy atom. The quantitative estimate of drug-likeness (QED) is 0.602. The van der Waals surface area contributed by atoms with Crippen LogP contribution in [0.25, 0.3) is 6.08 Å². The van der Waals surface area contributed by atoms with Gasteiger partial charge in [0.15, 0.2) is 0 Å². The zero-order valence-electron chi connectivity index (χ0n) is 12.8. The Balaban J connectivity index is 1.98. The molecule has 0 aliphatic carbocycles. The smallest absolute Gasteiger partial charge is 0.248 e. The Morgan fingerprint density at radius 3 is 2.59 bits per heavy atom. The SMILES string of the molecule is CCCCOc1ccccc1C=CC(=O)Nc1ccccc1. The van der Waals surface area contributed by atoms with Gasteiger partial charge in [-0.25, -0.2) is 0 Å². The van der Waals surface area contributed by atoms with E-state index in [1.165, 1.54) is 6.08 Å². The maximum absolute atomic E-state index is 11.9. The van der Waals surface area contributed by atoms with Gasteiger partial charge in [0.2, 0.25) is 5.91 Å². The number of hydrogen-bond donors (Lipinski definition) is 1. The van der Waals surface area contributed by atoms with Gasteiger partial charge in [-0.05, 0) is 30.7 Å². The molecule has 1 amide bonds. The van der Waals surface area contributed by atoms with Gasteiger partial charge >= 0.3 is 0 Å². The Morgan fingerprint density at radius 2 is 1.82 bits per heavy atom. The van der Waals surface area contributed by atoms with Crippen LogP contribution in [0.4, 0.5) is 5.69 Å². The van der Waals surface area contributed by atoms with Gasteiger partial charge in [0, 0.05) is 17.3 Å². The van der Waals surface area contributed by atoms with Crippen molar-refractivity contribution in [3.63, 3.8) is 0 Å². The lowest BCUT2D eigenvalue weighted by atomic mass is 10.2. The maximum Gasteiger partial charge on any atom is 0.248 e. The molecule has 0 bridgehead atoms. The predicted molar refractivity (Wildman–Crippen MR) is 91.0 cm³/mol. The minimum absolute atomic E-state index is 0.158. The standard InChI is InChI=1S/C19H21NO2/c1-2-3-15-22-18-12-8-7-9-16(18)13-14-19(21)20-17-10-5-4-6-11-17/h4-14H,2-3,15H2,1H3,(H,20,21). The van der Waals surface area contributed by atoms with Crippen LogP contribution in [0.1, 0.15) is 25.3 Å². The van der Waals surface area contributed by atoms with Crippen LogP contribution >= 0.6 is 0 Å². The van der Waals surface area contributed by atoms with E-state index in [-0.39, 0.29) is 5.91 Å². The van der Waals surface area contributed by atoms with Gasteiger partial charge in [0.25, 0.3) is 0 Å². The summed E-state index contributed by atoms with van der Waals surface area (Å²) in [6.07, 6.45) is 5.42. The molecule has 2 rings (SSSR count). The Bertz CT molecular complexity index is 620. The molecular weight excluding hydrogens is 274 g/mol. The van der Waals surface area contributed by atoms with Gasteiger partial charge in [-0.15, -0.1) is 0 Å². The fraction of sp³-hybridized carbons (Fsp3) is 0.211. The van der Waals surface area contributed by atoms with E-state index in [1.54, 1.807) is 6.08 Å². The summed E-state index contributed by atoms with van der Waals surface area (Å²) in [4.78, 5) is 11.9. The summed E-state index contributed by atoms with van der Waals surface area (Å²) in [5.74, 6) is 0.647. The lowest BCUT2D eigenvalue weighted by Crippen LogP contribution is -2.07. The van der Waals surface area contributed by atoms with Gasteiger partial charge in [0.1, 0.15) is 5.75 Å². The molecule has 3 nitrogen and oxygen atoms in total. The highest BCUT2D eigenvalue weighted by atomic mass is 16.5. The highest BCUT2D eigenvalue weighted by molar-refractivity contribution is 6.02. The van der Waals surface area contributed by atoms with Crippen molar-refractivity contribution in [2.75, 3.05) is 11.9 Å². The normalized spacial score (nSPS) is 10.6. The van der Waals surface area contributed by atoms with Crippen LogP contribution in [-0.2, 0) is 4.79 Å². The van der Waals surface area contributed by atoms with E-state index in [1.807, 2.05) is 54.6 Å². The van der Waals surface area contributed by atoms with Crippen LogP contribution in [0, 0.1) is 0 Å². The summed E-state index contributed by atoms with van der Waals surface area (Å²) in [5.41, 5.74) is 1.69. The second-order valence-electron chi connectivity index (χ2n) is 4.93. The third-order valence-corrected chi connectivity index (χ3v) is 3.13. The van der Waals surface area contributed by atoms with Crippen molar-refractivity contribution in [2.24, 2.45) is 0 Å². The molecule has 0 fully saturated rings. The topological polar surface area (TPSA) is 38.3 Å². The minimum Gasteiger partial charge on any atom is -0.493 e. The monoisotopic (exact) mass is 295 g/mol. The second kappa shape index (κ2) is 8.67. The molecule has 2 aromatic carbocycles. The number of amides is 1. The summed E-state index contributed by atoms with van der Waals surface area (Å²) in [6.45, 7) is 2.82. The Hall–Kier alpha value is -2.55. The summed E-state index contributed by atoms with van der Waals surface area (Å²) in [7, 11) is 0. The highest BCUT2D eigenvalue weighted by Gasteiger charge is 2.01. The van der Waals surface area contributed by atoms with Gasteiger partial charge < -0.3 is 10.1 Å². The van der Waals surface area contributed by atoms with Crippen molar-refractivity contribution in [1.82, 2.24) is 0 Å². The van der Waals surface area contributed by atoms with Crippen LogP contribution in [0.5, 0.6) is 5.75 Å². The van der Waals surface area contributed by atoms with Crippen molar-refractivity contribution in [1.29, 1.82) is 0 Å². The van der Waals surface area contributed by atoms with E-state index >= 15 is 0 Å². The molecule has 0 saturated carbocycles. The van der Waals surface area contributed by atoms with E-state index in [2.05, 4.69) is 12.2 Å². The minimum atomic E-state index is -0.158. The largest absolute Gasteiger partial charge is 0.493 e. The predicted octanol–water partition coefficient (Wildman–Crippen LogP) is 4.52. The van der Waals surface area contributed by atoms with Crippen molar-refractivity contribution >= 4 is 17.7 Å². The number of unbranched alkanes of at least 4 members (excludes halogenated alkanes) is 1. The number of carbonyl (C=O) groups excluding carboxylic acids is 1. The fourth-order valence-electron chi connectivity index (χ4n) is 1.95. The number of para-hydroxylation sites is 2. The molecule has 2 aromatic rings. The third kappa shape index (κ3) is 5.09. The number of nitrogens with one attached hydrogen (secondary N) is 1. The van der Waals surface area contributed by atoms with Crippen molar-refractivity contribution in [3.05, 3.63) is 66.2 Å². The van der Waals surface area contributed by atoms with Crippen LogP contribution in [0.2, 0.25) is 0 Å². The molecule has 3 heteroatoms. The van der Waals surface area contributed by atoms with Gasteiger partial charge in [-0.2, -0.15) is 0 Å². The van der Waals surface area contributed by atoms with E-state index in [0.717, 1.165) is 29.8 Å². The lowest BCUT2D eigenvalue weighted by molar-refractivity contribution is -0.111. The maximum atomic E-state index is 11.9. The van der Waals surface area contributed by atoms with Gasteiger partial charge in [-0.1, -0.05) is 49.7 Å². The van der Waals surface area contributed by atoms with Gasteiger partial charge in [-0.3, -0.25) is 4.79 Å². The van der Waals surface area contributed by atoms with Crippen molar-refractivity contribution < 1.29 is 9.53 Å². The summed E-state index contributed by atoms with van der Waals surface area (Å²) >= 11 is 0. The molecule has 0 heterocycles. The summed E-state index contributed by atoms with van der Waals surface area (Å²) < 4.78 is 5.75. The van der Waals surface area contributed by atoms with Crippen molar-refractivity contribution in [3.8, 4) is 5.75 Å². The molecule has 22 heavy (non-hydrogen) atoms. The average Bonchev–Trinajstić information content (AvgIpc) is 2.55. The lowest BCUT2D eigenvalue weighted by Gasteiger charge is -2.08. The first-order valence-corrected chi connectivity index (χ1v) is 7.55. The number of benzene rings is 2. The molecule has 114 valence electrons. The molecule has 0 aromatic heterocycles. The van der Waals surface area contributed by atoms with E-state index in [4.69, 9.17) is 4.74 Å². The zero-order chi connectivity index (χ0) is 15.6. The zero-order valence-corrected chi connectivity index (χ0v) is 12.8. The van der Waals surface area contributed by atoms with Crippen LogP contribution in [0.3, 0.4) is 0 Å². The molecule has 0 radical (unpaired) electrons. The molecular formula is C19H21NO2. The first-order valence-electron chi connectivity index (χ1n) is 7.55. The molecule has 0 aliphatic heterocycles. The number of rotatable bonds is 7. The third-order valence-electron chi connectivity index (χ3n) is 3.13. The molecule has 0 unspecified atom stereocenters. The van der Waals surface area contributed by atoms with Crippen LogP contribution in [-0.4, -0.2) is 12.5 Å². The Labute approximate surface area is 131 Å². The molecule has 0 saturated heterocycles. The molecule has 0 spiro atoms. The van der Waals surface area contributed by atoms with Gasteiger partial charge in [0.05, 0.1) is 6.61 Å². The first-order chi connectivity index (χ1) is 10.8. The summed E-state index contributed by atoms with van der Waals surface area (Å²) in [5, 5.41) is 2.82. The molecule has 0 aliphatic rings. The molecule has 1 N–H and O–H groups in total. The number of carbonyl (C=O) groups is 1. The second-order valence-corrected chi connectivity index (χ2v) is 4.93. The highest BCUT2D eigenvalue weighted by Crippen LogP contribution is 2.20. The molecule has 0 atom stereocenters. The fourth-order valence-corrected chi connectivity index (χ4v) is 1.95. The average molecular weight is 295 g/mol.